The van der Waals surface area contributed by atoms with Crippen LogP contribution in [0.3, 0.4) is 0 Å². The summed E-state index contributed by atoms with van der Waals surface area (Å²) < 4.78 is 0. The third-order valence-electron chi connectivity index (χ3n) is 3.87. The Hall–Kier alpha value is -0.550. The molecule has 0 radical (unpaired) electrons. The van der Waals surface area contributed by atoms with E-state index in [9.17, 15) is 0 Å². The lowest BCUT2D eigenvalue weighted by Gasteiger charge is -2.42. The van der Waals surface area contributed by atoms with Crippen molar-refractivity contribution in [3.05, 3.63) is 0 Å². The fourth-order valence-electron chi connectivity index (χ4n) is 3.12. The minimum atomic E-state index is 0.264. The van der Waals surface area contributed by atoms with Crippen molar-refractivity contribution in [2.24, 2.45) is 0 Å². The number of hydrogen-bond acceptors (Lipinski definition) is 2. The molecule has 92 valence electrons. The average Bonchev–Trinajstić information content (AvgIpc) is 2.71. The molecule has 0 unspecified atom stereocenters. The zero-order valence-corrected chi connectivity index (χ0v) is 11.1. The van der Waals surface area contributed by atoms with Crippen LogP contribution in [0, 0.1) is 11.3 Å². The number of hydrogen-bond donors (Lipinski definition) is 0. The van der Waals surface area contributed by atoms with Crippen molar-refractivity contribution in [2.75, 3.05) is 6.54 Å². The molecule has 1 rings (SSSR count). The van der Waals surface area contributed by atoms with Gasteiger partial charge in [0, 0.05) is 24.5 Å². The Morgan fingerprint density at radius 1 is 1.31 bits per heavy atom. The molecule has 0 aromatic heterocycles. The first-order valence-electron chi connectivity index (χ1n) is 6.75. The summed E-state index contributed by atoms with van der Waals surface area (Å²) in [5.41, 5.74) is 0.264. The predicted molar refractivity (Wildman–Crippen MR) is 68.2 cm³/mol. The maximum Gasteiger partial charge on any atom is 0.0635 e. The average molecular weight is 222 g/mol. The molecule has 1 aliphatic rings. The largest absolute Gasteiger partial charge is 0.294 e. The van der Waals surface area contributed by atoms with Crippen LogP contribution in [0.1, 0.15) is 65.7 Å². The van der Waals surface area contributed by atoms with Crippen molar-refractivity contribution >= 4 is 0 Å². The SMILES string of the molecule is CCCC(C)(C)N(CCC#N)C1CCCC1. The number of nitrogens with zero attached hydrogens (tertiary/aromatic N) is 2. The van der Waals surface area contributed by atoms with Crippen molar-refractivity contribution < 1.29 is 0 Å². The summed E-state index contributed by atoms with van der Waals surface area (Å²) in [5.74, 6) is 0. The molecule has 2 nitrogen and oxygen atoms in total. The summed E-state index contributed by atoms with van der Waals surface area (Å²) in [6.45, 7) is 7.88. The fourth-order valence-corrected chi connectivity index (χ4v) is 3.12. The normalized spacial score (nSPS) is 17.9. The highest BCUT2D eigenvalue weighted by atomic mass is 15.2. The summed E-state index contributed by atoms with van der Waals surface area (Å²) in [6, 6.07) is 3.03. The minimum absolute atomic E-state index is 0.264. The fraction of sp³-hybridized carbons (Fsp3) is 0.929. The number of rotatable bonds is 6. The summed E-state index contributed by atoms with van der Waals surface area (Å²) in [7, 11) is 0. The molecule has 0 spiro atoms. The van der Waals surface area contributed by atoms with Gasteiger partial charge in [0.05, 0.1) is 6.07 Å². The topological polar surface area (TPSA) is 27.0 Å². The van der Waals surface area contributed by atoms with Crippen LogP contribution < -0.4 is 0 Å². The lowest BCUT2D eigenvalue weighted by Crippen LogP contribution is -2.49. The van der Waals surface area contributed by atoms with Gasteiger partial charge in [-0.2, -0.15) is 5.26 Å². The van der Waals surface area contributed by atoms with Crippen LogP contribution in [0.4, 0.5) is 0 Å². The first-order chi connectivity index (χ1) is 7.61. The van der Waals surface area contributed by atoms with Gasteiger partial charge in [-0.15, -0.1) is 0 Å². The predicted octanol–water partition coefficient (Wildman–Crippen LogP) is 3.72. The highest BCUT2D eigenvalue weighted by Gasteiger charge is 2.32. The molecule has 2 heteroatoms. The molecule has 0 amide bonds. The third kappa shape index (κ3) is 3.49. The van der Waals surface area contributed by atoms with E-state index in [1.54, 1.807) is 0 Å². The summed E-state index contributed by atoms with van der Waals surface area (Å²) in [4.78, 5) is 2.60. The van der Waals surface area contributed by atoms with Crippen LogP contribution in [-0.2, 0) is 0 Å². The van der Waals surface area contributed by atoms with E-state index in [2.05, 4.69) is 31.7 Å². The van der Waals surface area contributed by atoms with Crippen molar-refractivity contribution in [2.45, 2.75) is 77.3 Å². The van der Waals surface area contributed by atoms with E-state index in [0.29, 0.717) is 6.42 Å². The van der Waals surface area contributed by atoms with Gasteiger partial charge in [-0.1, -0.05) is 26.2 Å². The maximum absolute atomic E-state index is 8.78. The van der Waals surface area contributed by atoms with Crippen LogP contribution in [0.5, 0.6) is 0 Å². The maximum atomic E-state index is 8.78. The second kappa shape index (κ2) is 6.25. The van der Waals surface area contributed by atoms with Gasteiger partial charge in [0.25, 0.3) is 0 Å². The van der Waals surface area contributed by atoms with Gasteiger partial charge >= 0.3 is 0 Å². The van der Waals surface area contributed by atoms with E-state index in [1.165, 1.54) is 38.5 Å². The van der Waals surface area contributed by atoms with Crippen molar-refractivity contribution in [3.63, 3.8) is 0 Å². The number of nitriles is 1. The second-order valence-corrected chi connectivity index (χ2v) is 5.60. The molecule has 0 atom stereocenters. The van der Waals surface area contributed by atoms with Crippen LogP contribution >= 0.6 is 0 Å². The quantitative estimate of drug-likeness (QED) is 0.685. The Morgan fingerprint density at radius 2 is 1.94 bits per heavy atom. The van der Waals surface area contributed by atoms with Crippen LogP contribution in [-0.4, -0.2) is 23.0 Å². The monoisotopic (exact) mass is 222 g/mol. The van der Waals surface area contributed by atoms with Gasteiger partial charge in [-0.05, 0) is 33.1 Å². The molecular formula is C14H26N2. The Labute approximate surface area is 101 Å². The highest BCUT2D eigenvalue weighted by Crippen LogP contribution is 2.31. The molecule has 1 aliphatic carbocycles. The van der Waals surface area contributed by atoms with Crippen molar-refractivity contribution in [1.82, 2.24) is 4.90 Å². The van der Waals surface area contributed by atoms with E-state index in [4.69, 9.17) is 5.26 Å². The summed E-state index contributed by atoms with van der Waals surface area (Å²) in [6.07, 6.45) is 8.53. The Morgan fingerprint density at radius 3 is 2.44 bits per heavy atom. The summed E-state index contributed by atoms with van der Waals surface area (Å²) >= 11 is 0. The van der Waals surface area contributed by atoms with E-state index < -0.39 is 0 Å². The standard InChI is InChI=1S/C14H26N2/c1-4-10-14(2,3)16(12-7-11-15)13-8-5-6-9-13/h13H,4-10,12H2,1-3H3. The van der Waals surface area contributed by atoms with Gasteiger partial charge in [-0.3, -0.25) is 4.90 Å². The molecule has 0 heterocycles. The third-order valence-corrected chi connectivity index (χ3v) is 3.87. The van der Waals surface area contributed by atoms with Gasteiger partial charge in [0.15, 0.2) is 0 Å². The molecule has 0 aromatic rings. The van der Waals surface area contributed by atoms with Crippen molar-refractivity contribution in [3.8, 4) is 6.07 Å². The lowest BCUT2D eigenvalue weighted by molar-refractivity contribution is 0.0654. The molecule has 0 saturated heterocycles. The minimum Gasteiger partial charge on any atom is -0.294 e. The highest BCUT2D eigenvalue weighted by molar-refractivity contribution is 4.90. The molecule has 0 aliphatic heterocycles. The first kappa shape index (κ1) is 13.5. The van der Waals surface area contributed by atoms with Crippen LogP contribution in [0.15, 0.2) is 0 Å². The van der Waals surface area contributed by atoms with E-state index in [-0.39, 0.29) is 5.54 Å². The van der Waals surface area contributed by atoms with Gasteiger partial charge in [0.2, 0.25) is 0 Å². The Bertz CT molecular complexity index is 234. The van der Waals surface area contributed by atoms with Gasteiger partial charge in [0.1, 0.15) is 0 Å². The molecule has 0 aromatic carbocycles. The zero-order chi connectivity index (χ0) is 12.0. The van der Waals surface area contributed by atoms with E-state index in [1.807, 2.05) is 0 Å². The lowest BCUT2D eigenvalue weighted by atomic mass is 9.93. The molecule has 0 bridgehead atoms. The molecule has 1 fully saturated rings. The van der Waals surface area contributed by atoms with Crippen molar-refractivity contribution in [1.29, 1.82) is 5.26 Å². The molecule has 0 N–H and O–H groups in total. The van der Waals surface area contributed by atoms with Gasteiger partial charge in [-0.25, -0.2) is 0 Å². The first-order valence-corrected chi connectivity index (χ1v) is 6.75. The van der Waals surface area contributed by atoms with E-state index >= 15 is 0 Å². The van der Waals surface area contributed by atoms with Gasteiger partial charge < -0.3 is 0 Å². The Kier molecular flexibility index (Phi) is 5.28. The molecule has 1 saturated carbocycles. The van der Waals surface area contributed by atoms with Crippen LogP contribution in [0.2, 0.25) is 0 Å². The van der Waals surface area contributed by atoms with E-state index in [0.717, 1.165) is 12.6 Å². The molecule has 16 heavy (non-hydrogen) atoms. The van der Waals surface area contributed by atoms with Crippen LogP contribution in [0.25, 0.3) is 0 Å². The Balaban J connectivity index is 2.65. The molecular weight excluding hydrogens is 196 g/mol. The smallest absolute Gasteiger partial charge is 0.0635 e. The second-order valence-electron chi connectivity index (χ2n) is 5.60. The zero-order valence-electron chi connectivity index (χ0n) is 11.1. The summed E-state index contributed by atoms with van der Waals surface area (Å²) in [5, 5.41) is 8.78.